The Bertz CT molecular complexity index is 1160. The summed E-state index contributed by atoms with van der Waals surface area (Å²) in [5.74, 6) is 0.751. The van der Waals surface area contributed by atoms with Crippen LogP contribution in [-0.4, -0.2) is 52.9 Å². The number of anilines is 1. The molecule has 0 spiro atoms. The van der Waals surface area contributed by atoms with E-state index in [0.29, 0.717) is 55.5 Å². The second-order valence-corrected chi connectivity index (χ2v) is 9.10. The molecule has 8 heteroatoms. The smallest absolute Gasteiger partial charge is 0.321 e. The number of nitrogens with one attached hydrogen (secondary N) is 1. The lowest BCUT2D eigenvalue weighted by molar-refractivity contribution is 0.0762. The number of urea groups is 1. The van der Waals surface area contributed by atoms with Gasteiger partial charge in [-0.05, 0) is 73.9 Å². The predicted molar refractivity (Wildman–Crippen MR) is 137 cm³/mol. The van der Waals surface area contributed by atoms with E-state index in [1.54, 1.807) is 41.6 Å². The molecule has 1 aliphatic rings. The number of hydrogen-bond acceptors (Lipinski definition) is 4. The summed E-state index contributed by atoms with van der Waals surface area (Å²) in [7, 11) is 0. The predicted octanol–water partition coefficient (Wildman–Crippen LogP) is 5.31. The summed E-state index contributed by atoms with van der Waals surface area (Å²) >= 11 is 5.91. The van der Waals surface area contributed by atoms with Crippen LogP contribution in [0.3, 0.4) is 0 Å². The van der Waals surface area contributed by atoms with Crippen molar-refractivity contribution in [1.29, 1.82) is 0 Å². The number of aryl methyl sites for hydroxylation is 2. The molecule has 3 amide bonds. The highest BCUT2D eigenvalue weighted by atomic mass is 35.5. The van der Waals surface area contributed by atoms with Crippen LogP contribution in [0.4, 0.5) is 10.5 Å². The Labute approximate surface area is 210 Å². The van der Waals surface area contributed by atoms with Crippen molar-refractivity contribution < 1.29 is 14.3 Å². The number of amides is 3. The number of benzene rings is 2. The molecule has 0 radical (unpaired) electrons. The van der Waals surface area contributed by atoms with Gasteiger partial charge in [0.25, 0.3) is 5.91 Å². The molecular formula is C27H29ClN4O3. The van der Waals surface area contributed by atoms with Crippen molar-refractivity contribution in [2.24, 2.45) is 0 Å². The molecule has 35 heavy (non-hydrogen) atoms. The minimum Gasteiger partial charge on any atom is -0.488 e. The number of nitrogens with zero attached hydrogens (tertiary/aromatic N) is 3. The number of rotatable bonds is 5. The molecule has 1 aromatic heterocycles. The molecule has 0 atom stereocenters. The standard InChI is InChI=1S/C27H29ClN4O3/c1-19-15-22(16-20(2)25(19)35-18-21-5-3-10-29-17-21)26(33)31-11-4-12-32(14-13-31)27(34)30-24-8-6-23(28)7-9-24/h3,5-10,15-17H,4,11-14,18H2,1-2H3,(H,30,34). The van der Waals surface area contributed by atoms with E-state index < -0.39 is 0 Å². The highest BCUT2D eigenvalue weighted by Gasteiger charge is 2.24. The number of hydrogen-bond donors (Lipinski definition) is 1. The Morgan fingerprint density at radius 2 is 1.69 bits per heavy atom. The molecule has 1 saturated heterocycles. The Hall–Kier alpha value is -3.58. The van der Waals surface area contributed by atoms with Crippen LogP contribution in [0.25, 0.3) is 0 Å². The fourth-order valence-electron chi connectivity index (χ4n) is 4.18. The van der Waals surface area contributed by atoms with E-state index in [9.17, 15) is 9.59 Å². The summed E-state index contributed by atoms with van der Waals surface area (Å²) in [6.07, 6.45) is 4.22. The van der Waals surface area contributed by atoms with Gasteiger partial charge in [0.2, 0.25) is 0 Å². The second-order valence-electron chi connectivity index (χ2n) is 8.66. The lowest BCUT2D eigenvalue weighted by Gasteiger charge is -2.23. The lowest BCUT2D eigenvalue weighted by Crippen LogP contribution is -2.39. The van der Waals surface area contributed by atoms with Crippen molar-refractivity contribution in [1.82, 2.24) is 14.8 Å². The topological polar surface area (TPSA) is 74.8 Å². The average Bonchev–Trinajstić information content (AvgIpc) is 3.11. The molecule has 2 aromatic carbocycles. The van der Waals surface area contributed by atoms with Crippen molar-refractivity contribution in [3.63, 3.8) is 0 Å². The van der Waals surface area contributed by atoms with Crippen LogP contribution in [-0.2, 0) is 6.61 Å². The van der Waals surface area contributed by atoms with Crippen LogP contribution >= 0.6 is 11.6 Å². The van der Waals surface area contributed by atoms with Crippen molar-refractivity contribution >= 4 is 29.2 Å². The van der Waals surface area contributed by atoms with Crippen LogP contribution in [0.5, 0.6) is 5.75 Å². The lowest BCUT2D eigenvalue weighted by atomic mass is 10.0. The molecule has 1 fully saturated rings. The summed E-state index contributed by atoms with van der Waals surface area (Å²) in [5, 5.41) is 3.51. The Morgan fingerprint density at radius 3 is 2.37 bits per heavy atom. The van der Waals surface area contributed by atoms with Gasteiger partial charge in [0, 0.05) is 60.4 Å². The molecule has 7 nitrogen and oxygen atoms in total. The largest absolute Gasteiger partial charge is 0.488 e. The van der Waals surface area contributed by atoms with Crippen molar-refractivity contribution in [2.75, 3.05) is 31.5 Å². The zero-order chi connectivity index (χ0) is 24.8. The SMILES string of the molecule is Cc1cc(C(=O)N2CCCN(C(=O)Nc3ccc(Cl)cc3)CC2)cc(C)c1OCc1cccnc1. The molecule has 3 aromatic rings. The van der Waals surface area contributed by atoms with Crippen LogP contribution in [0.1, 0.15) is 33.5 Å². The third-order valence-corrected chi connectivity index (χ3v) is 6.23. The van der Waals surface area contributed by atoms with Gasteiger partial charge in [0.15, 0.2) is 0 Å². The first kappa shape index (κ1) is 24.5. The van der Waals surface area contributed by atoms with Crippen molar-refractivity contribution in [3.8, 4) is 5.75 Å². The molecule has 1 N–H and O–H groups in total. The summed E-state index contributed by atoms with van der Waals surface area (Å²) in [4.78, 5) is 33.7. The highest BCUT2D eigenvalue weighted by molar-refractivity contribution is 6.30. The van der Waals surface area contributed by atoms with E-state index in [0.717, 1.165) is 22.4 Å². The van der Waals surface area contributed by atoms with Crippen LogP contribution < -0.4 is 10.1 Å². The first-order valence-corrected chi connectivity index (χ1v) is 12.0. The van der Waals surface area contributed by atoms with Gasteiger partial charge in [-0.1, -0.05) is 17.7 Å². The molecule has 0 unspecified atom stereocenters. The third-order valence-electron chi connectivity index (χ3n) is 5.98. The van der Waals surface area contributed by atoms with E-state index in [-0.39, 0.29) is 11.9 Å². The minimum atomic E-state index is -0.177. The number of ether oxygens (including phenoxy) is 1. The molecular weight excluding hydrogens is 464 g/mol. The monoisotopic (exact) mass is 492 g/mol. The Balaban J connectivity index is 1.37. The summed E-state index contributed by atoms with van der Waals surface area (Å²) < 4.78 is 6.03. The highest BCUT2D eigenvalue weighted by Crippen LogP contribution is 2.27. The molecule has 182 valence electrons. The second kappa shape index (κ2) is 11.2. The molecule has 1 aliphatic heterocycles. The zero-order valence-electron chi connectivity index (χ0n) is 20.0. The van der Waals surface area contributed by atoms with Gasteiger partial charge in [0.05, 0.1) is 0 Å². The van der Waals surface area contributed by atoms with E-state index >= 15 is 0 Å². The maximum absolute atomic E-state index is 13.3. The maximum atomic E-state index is 13.3. The first-order valence-electron chi connectivity index (χ1n) is 11.6. The van der Waals surface area contributed by atoms with Crippen molar-refractivity contribution in [2.45, 2.75) is 26.9 Å². The summed E-state index contributed by atoms with van der Waals surface area (Å²) in [6.45, 7) is 6.45. The van der Waals surface area contributed by atoms with Gasteiger partial charge >= 0.3 is 6.03 Å². The first-order chi connectivity index (χ1) is 16.9. The van der Waals surface area contributed by atoms with Gasteiger partial charge in [-0.2, -0.15) is 0 Å². The van der Waals surface area contributed by atoms with Gasteiger partial charge in [-0.3, -0.25) is 9.78 Å². The average molecular weight is 493 g/mol. The number of carbonyl (C=O) groups excluding carboxylic acids is 2. The molecule has 0 saturated carbocycles. The van der Waals surface area contributed by atoms with Crippen LogP contribution in [0, 0.1) is 13.8 Å². The number of carbonyl (C=O) groups is 2. The molecule has 2 heterocycles. The van der Waals surface area contributed by atoms with Gasteiger partial charge in [0.1, 0.15) is 12.4 Å². The fraction of sp³-hybridized carbons (Fsp3) is 0.296. The van der Waals surface area contributed by atoms with E-state index in [1.807, 2.05) is 43.0 Å². The van der Waals surface area contributed by atoms with Gasteiger partial charge in [-0.25, -0.2) is 4.79 Å². The Kier molecular flexibility index (Phi) is 7.87. The minimum absolute atomic E-state index is 0.0324. The number of pyridine rings is 1. The maximum Gasteiger partial charge on any atom is 0.321 e. The summed E-state index contributed by atoms with van der Waals surface area (Å²) in [5.41, 5.74) is 4.13. The van der Waals surface area contributed by atoms with Gasteiger partial charge in [-0.15, -0.1) is 0 Å². The normalized spacial score (nSPS) is 13.8. The van der Waals surface area contributed by atoms with E-state index in [1.165, 1.54) is 0 Å². The quantitative estimate of drug-likeness (QED) is 0.523. The van der Waals surface area contributed by atoms with Crippen molar-refractivity contribution in [3.05, 3.63) is 88.2 Å². The number of aromatic nitrogens is 1. The third kappa shape index (κ3) is 6.31. The van der Waals surface area contributed by atoms with E-state index in [4.69, 9.17) is 16.3 Å². The molecule has 0 bridgehead atoms. The molecule has 4 rings (SSSR count). The van der Waals surface area contributed by atoms with E-state index in [2.05, 4.69) is 10.3 Å². The van der Waals surface area contributed by atoms with Crippen LogP contribution in [0.2, 0.25) is 5.02 Å². The van der Waals surface area contributed by atoms with Crippen LogP contribution in [0.15, 0.2) is 60.9 Å². The summed E-state index contributed by atoms with van der Waals surface area (Å²) in [6, 6.07) is 14.4. The number of halogens is 1. The van der Waals surface area contributed by atoms with Gasteiger partial charge < -0.3 is 19.9 Å². The zero-order valence-corrected chi connectivity index (χ0v) is 20.7. The molecule has 0 aliphatic carbocycles. The Morgan fingerprint density at radius 1 is 1.00 bits per heavy atom. The fourth-order valence-corrected chi connectivity index (χ4v) is 4.31.